The lowest BCUT2D eigenvalue weighted by Crippen LogP contribution is -2.30. The van der Waals surface area contributed by atoms with Crippen molar-refractivity contribution in [3.05, 3.63) is 42.2 Å². The number of pyridine rings is 1. The normalized spacial score (nSPS) is 19.3. The molecule has 0 radical (unpaired) electrons. The van der Waals surface area contributed by atoms with Crippen LogP contribution in [0.4, 0.5) is 5.69 Å². The summed E-state index contributed by atoms with van der Waals surface area (Å²) in [6.07, 6.45) is 6.26. The molecule has 1 fully saturated rings. The minimum absolute atomic E-state index is 0. The Hall–Kier alpha value is -2.11. The van der Waals surface area contributed by atoms with Gasteiger partial charge in [0.15, 0.2) is 0 Å². The number of fused-ring (bicyclic) bond motifs is 1. The second-order valence-corrected chi connectivity index (χ2v) is 6.44. The molecule has 1 atom stereocenters. The molecule has 1 aromatic carbocycles. The predicted molar refractivity (Wildman–Crippen MR) is 101 cm³/mol. The van der Waals surface area contributed by atoms with E-state index in [4.69, 9.17) is 4.74 Å². The lowest BCUT2D eigenvalue weighted by molar-refractivity contribution is -0.118. The molecule has 0 bridgehead atoms. The number of amides is 1. The number of nitrogens with one attached hydrogen (secondary N) is 1. The van der Waals surface area contributed by atoms with Crippen LogP contribution in [0.15, 0.2) is 36.7 Å². The van der Waals surface area contributed by atoms with Crippen LogP contribution in [-0.2, 0) is 11.2 Å². The van der Waals surface area contributed by atoms with Crippen LogP contribution in [0.3, 0.4) is 0 Å². The van der Waals surface area contributed by atoms with Gasteiger partial charge in [0, 0.05) is 37.5 Å². The smallest absolute Gasteiger partial charge is 0.227 e. The molecular formula is C19H22ClN3O2. The van der Waals surface area contributed by atoms with Crippen LogP contribution in [-0.4, -0.2) is 37.1 Å². The van der Waals surface area contributed by atoms with Crippen LogP contribution >= 0.6 is 12.4 Å². The van der Waals surface area contributed by atoms with Crippen molar-refractivity contribution in [3.63, 3.8) is 0 Å². The van der Waals surface area contributed by atoms with Crippen molar-refractivity contribution in [1.82, 2.24) is 10.3 Å². The van der Waals surface area contributed by atoms with Gasteiger partial charge in [-0.3, -0.25) is 9.78 Å². The van der Waals surface area contributed by atoms with Gasteiger partial charge >= 0.3 is 0 Å². The van der Waals surface area contributed by atoms with Gasteiger partial charge in [0.25, 0.3) is 0 Å². The number of ether oxygens (including phenoxy) is 1. The highest BCUT2D eigenvalue weighted by Gasteiger charge is 2.21. The fraction of sp³-hybridized carbons (Fsp3) is 0.368. The maximum absolute atomic E-state index is 11.8. The number of rotatable bonds is 3. The number of aryl methyl sites for hydroxylation is 1. The van der Waals surface area contributed by atoms with Gasteiger partial charge in [0.2, 0.25) is 5.91 Å². The number of anilines is 1. The highest BCUT2D eigenvalue weighted by molar-refractivity contribution is 5.96. The average Bonchev–Trinajstić information content (AvgIpc) is 3.11. The third kappa shape index (κ3) is 3.62. The van der Waals surface area contributed by atoms with E-state index in [0.29, 0.717) is 6.42 Å². The van der Waals surface area contributed by atoms with Crippen LogP contribution in [0.2, 0.25) is 0 Å². The summed E-state index contributed by atoms with van der Waals surface area (Å²) in [7, 11) is 1.84. The van der Waals surface area contributed by atoms with Crippen LogP contribution in [0, 0.1) is 0 Å². The van der Waals surface area contributed by atoms with E-state index in [1.54, 1.807) is 11.1 Å². The minimum atomic E-state index is 0. The Morgan fingerprint density at radius 3 is 2.88 bits per heavy atom. The first-order valence-electron chi connectivity index (χ1n) is 8.43. The van der Waals surface area contributed by atoms with Crippen molar-refractivity contribution in [2.75, 3.05) is 25.0 Å². The highest BCUT2D eigenvalue weighted by atomic mass is 35.5. The fourth-order valence-corrected chi connectivity index (χ4v) is 3.40. The largest absolute Gasteiger partial charge is 0.487 e. The SMILES string of the molecule is CN1C(=O)CCc2cc(-c3cncc(O[C@H]4CCNC4)c3)ccc21.Cl. The van der Waals surface area contributed by atoms with E-state index in [-0.39, 0.29) is 24.4 Å². The summed E-state index contributed by atoms with van der Waals surface area (Å²) in [4.78, 5) is 17.9. The van der Waals surface area contributed by atoms with Crippen molar-refractivity contribution in [3.8, 4) is 16.9 Å². The average molecular weight is 360 g/mol. The maximum Gasteiger partial charge on any atom is 0.227 e. The van der Waals surface area contributed by atoms with Crippen LogP contribution in [0.5, 0.6) is 5.75 Å². The van der Waals surface area contributed by atoms with E-state index in [0.717, 1.165) is 48.5 Å². The van der Waals surface area contributed by atoms with Crippen molar-refractivity contribution in [2.24, 2.45) is 0 Å². The van der Waals surface area contributed by atoms with Gasteiger partial charge in [0.1, 0.15) is 11.9 Å². The molecule has 2 aliphatic heterocycles. The molecule has 1 aromatic heterocycles. The summed E-state index contributed by atoms with van der Waals surface area (Å²) in [6, 6.07) is 8.28. The molecule has 132 valence electrons. The molecule has 4 rings (SSSR count). The summed E-state index contributed by atoms with van der Waals surface area (Å²) < 4.78 is 6.00. The standard InChI is InChI=1S/C19H21N3O2.ClH/c1-22-18-4-2-13(8-14(18)3-5-19(22)23)15-9-17(12-21-10-15)24-16-6-7-20-11-16;/h2,4,8-10,12,16,20H,3,5-7,11H2,1H3;1H/t16-;/m0./s1. The first-order chi connectivity index (χ1) is 11.7. The minimum Gasteiger partial charge on any atom is -0.487 e. The summed E-state index contributed by atoms with van der Waals surface area (Å²) in [6.45, 7) is 1.90. The lowest BCUT2D eigenvalue weighted by Gasteiger charge is -2.26. The van der Waals surface area contributed by atoms with Crippen LogP contribution in [0.1, 0.15) is 18.4 Å². The zero-order valence-electron chi connectivity index (χ0n) is 14.2. The Morgan fingerprint density at radius 1 is 1.20 bits per heavy atom. The Kier molecular flexibility index (Phi) is 5.25. The van der Waals surface area contributed by atoms with Gasteiger partial charge in [-0.15, -0.1) is 12.4 Å². The van der Waals surface area contributed by atoms with Gasteiger partial charge in [-0.25, -0.2) is 0 Å². The van der Waals surface area contributed by atoms with E-state index in [2.05, 4.69) is 16.4 Å². The summed E-state index contributed by atoms with van der Waals surface area (Å²) in [5.41, 5.74) is 4.37. The van der Waals surface area contributed by atoms with E-state index >= 15 is 0 Å². The second-order valence-electron chi connectivity index (χ2n) is 6.44. The van der Waals surface area contributed by atoms with E-state index in [9.17, 15) is 4.79 Å². The first kappa shape index (κ1) is 17.7. The lowest BCUT2D eigenvalue weighted by atomic mass is 9.97. The van der Waals surface area contributed by atoms with E-state index < -0.39 is 0 Å². The van der Waals surface area contributed by atoms with Gasteiger partial charge < -0.3 is 15.0 Å². The summed E-state index contributed by atoms with van der Waals surface area (Å²) in [5.74, 6) is 0.990. The Bertz CT molecular complexity index is 775. The monoisotopic (exact) mass is 359 g/mol. The molecule has 0 unspecified atom stereocenters. The van der Waals surface area contributed by atoms with Gasteiger partial charge in [0.05, 0.1) is 6.20 Å². The zero-order chi connectivity index (χ0) is 16.5. The second kappa shape index (κ2) is 7.42. The number of benzene rings is 1. The number of halogens is 1. The topological polar surface area (TPSA) is 54.5 Å². The Morgan fingerprint density at radius 2 is 2.08 bits per heavy atom. The van der Waals surface area contributed by atoms with Crippen molar-refractivity contribution >= 4 is 24.0 Å². The molecule has 0 aliphatic carbocycles. The first-order valence-corrected chi connectivity index (χ1v) is 8.43. The van der Waals surface area contributed by atoms with Gasteiger partial charge in [-0.05, 0) is 48.7 Å². The van der Waals surface area contributed by atoms with E-state index in [1.165, 1.54) is 5.56 Å². The van der Waals surface area contributed by atoms with Crippen LogP contribution in [0.25, 0.3) is 11.1 Å². The molecule has 2 aliphatic rings. The van der Waals surface area contributed by atoms with Crippen molar-refractivity contribution < 1.29 is 9.53 Å². The molecule has 2 aromatic rings. The zero-order valence-corrected chi connectivity index (χ0v) is 15.0. The number of hydrogen-bond donors (Lipinski definition) is 1. The van der Waals surface area contributed by atoms with Crippen molar-refractivity contribution in [2.45, 2.75) is 25.4 Å². The van der Waals surface area contributed by atoms with Gasteiger partial charge in [-0.1, -0.05) is 6.07 Å². The molecule has 0 spiro atoms. The van der Waals surface area contributed by atoms with E-state index in [1.807, 2.05) is 31.4 Å². The van der Waals surface area contributed by atoms with Crippen molar-refractivity contribution in [1.29, 1.82) is 0 Å². The number of hydrogen-bond acceptors (Lipinski definition) is 4. The highest BCUT2D eigenvalue weighted by Crippen LogP contribution is 2.32. The Balaban J connectivity index is 0.00000182. The third-order valence-electron chi connectivity index (χ3n) is 4.79. The molecular weight excluding hydrogens is 338 g/mol. The van der Waals surface area contributed by atoms with Crippen LogP contribution < -0.4 is 15.0 Å². The predicted octanol–water partition coefficient (Wildman–Crippen LogP) is 2.82. The number of carbonyl (C=O) groups excluding carboxylic acids is 1. The number of aromatic nitrogens is 1. The molecule has 5 nitrogen and oxygen atoms in total. The molecule has 1 amide bonds. The molecule has 1 N–H and O–H groups in total. The number of nitrogens with zero attached hydrogens (tertiary/aromatic N) is 2. The fourth-order valence-electron chi connectivity index (χ4n) is 3.40. The quantitative estimate of drug-likeness (QED) is 0.915. The molecule has 6 heteroatoms. The number of carbonyl (C=O) groups is 1. The molecule has 25 heavy (non-hydrogen) atoms. The van der Waals surface area contributed by atoms with Gasteiger partial charge in [-0.2, -0.15) is 0 Å². The third-order valence-corrected chi connectivity index (χ3v) is 4.79. The Labute approximate surface area is 153 Å². The molecule has 0 saturated carbocycles. The maximum atomic E-state index is 11.8. The molecule has 1 saturated heterocycles. The molecule has 3 heterocycles. The summed E-state index contributed by atoms with van der Waals surface area (Å²) in [5, 5.41) is 3.30. The summed E-state index contributed by atoms with van der Waals surface area (Å²) >= 11 is 0.